The molecule has 0 saturated carbocycles. The lowest BCUT2D eigenvalue weighted by molar-refractivity contribution is 0.0685. The number of nitrogens with zero attached hydrogens (tertiary/aromatic N) is 4. The third-order valence-electron chi connectivity index (χ3n) is 4.07. The molecule has 1 aromatic heterocycles. The molecule has 0 radical (unpaired) electrons. The molecule has 1 aliphatic heterocycles. The molecule has 1 aromatic carbocycles. The number of amides is 1. The maximum atomic E-state index is 12.5. The van der Waals surface area contributed by atoms with Crippen molar-refractivity contribution in [1.29, 1.82) is 0 Å². The van der Waals surface area contributed by atoms with Crippen LogP contribution in [0.1, 0.15) is 29.4 Å². The zero-order valence-electron chi connectivity index (χ0n) is 12.8. The van der Waals surface area contributed by atoms with E-state index in [2.05, 4.69) is 51.5 Å². The number of nitrogens with one attached hydrogen (secondary N) is 1. The van der Waals surface area contributed by atoms with Crippen LogP contribution in [-0.4, -0.2) is 56.8 Å². The molecular formula is C16H21N5O. The Morgan fingerprint density at radius 1 is 1.32 bits per heavy atom. The Morgan fingerprint density at radius 3 is 2.86 bits per heavy atom. The predicted octanol–water partition coefficient (Wildman–Crippen LogP) is 1.54. The Morgan fingerprint density at radius 2 is 2.14 bits per heavy atom. The highest BCUT2D eigenvalue weighted by Crippen LogP contribution is 2.15. The molecule has 22 heavy (non-hydrogen) atoms. The molecule has 1 atom stereocenters. The lowest BCUT2D eigenvalue weighted by atomic mass is 10.2. The molecule has 1 saturated heterocycles. The van der Waals surface area contributed by atoms with Crippen LogP contribution in [0.25, 0.3) is 0 Å². The van der Waals surface area contributed by atoms with Crippen LogP contribution in [0.4, 0.5) is 0 Å². The molecule has 0 unspecified atom stereocenters. The average molecular weight is 299 g/mol. The Balaban J connectivity index is 1.65. The summed E-state index contributed by atoms with van der Waals surface area (Å²) in [4.78, 5) is 16.8. The Kier molecular flexibility index (Phi) is 4.48. The molecule has 0 aliphatic carbocycles. The van der Waals surface area contributed by atoms with Crippen LogP contribution >= 0.6 is 0 Å². The molecule has 6 nitrogen and oxygen atoms in total. The highest BCUT2D eigenvalue weighted by molar-refractivity contribution is 5.92. The highest BCUT2D eigenvalue weighted by atomic mass is 16.2. The first-order valence-corrected chi connectivity index (χ1v) is 7.67. The van der Waals surface area contributed by atoms with Gasteiger partial charge in [-0.2, -0.15) is 15.4 Å². The summed E-state index contributed by atoms with van der Waals surface area (Å²) in [6.45, 7) is 5.66. The summed E-state index contributed by atoms with van der Waals surface area (Å²) in [6, 6.07) is 10.6. The van der Waals surface area contributed by atoms with E-state index in [-0.39, 0.29) is 11.9 Å². The first-order chi connectivity index (χ1) is 10.7. The maximum Gasteiger partial charge on any atom is 0.276 e. The minimum absolute atomic E-state index is 0.0391. The van der Waals surface area contributed by atoms with Gasteiger partial charge in [-0.25, -0.2) is 0 Å². The minimum Gasteiger partial charge on any atom is -0.333 e. The van der Waals surface area contributed by atoms with Crippen LogP contribution in [0.15, 0.2) is 36.5 Å². The van der Waals surface area contributed by atoms with E-state index in [0.717, 1.165) is 32.6 Å². The lowest BCUT2D eigenvalue weighted by Crippen LogP contribution is -2.42. The molecule has 2 aromatic rings. The first-order valence-electron chi connectivity index (χ1n) is 7.67. The van der Waals surface area contributed by atoms with Crippen molar-refractivity contribution in [2.45, 2.75) is 25.9 Å². The van der Waals surface area contributed by atoms with Crippen LogP contribution in [0.3, 0.4) is 0 Å². The number of rotatable bonds is 3. The third kappa shape index (κ3) is 3.33. The second-order valence-corrected chi connectivity index (χ2v) is 5.78. The molecule has 0 spiro atoms. The van der Waals surface area contributed by atoms with Gasteiger partial charge in [0.15, 0.2) is 5.69 Å². The smallest absolute Gasteiger partial charge is 0.276 e. The molecule has 1 fully saturated rings. The van der Waals surface area contributed by atoms with Crippen molar-refractivity contribution < 1.29 is 4.79 Å². The zero-order valence-corrected chi connectivity index (χ0v) is 12.8. The Hall–Kier alpha value is -2.21. The SMILES string of the molecule is C[C@H]1CN(Cc2ccccc2)CCCN1C(=O)c1cn[nH]n1. The van der Waals surface area contributed by atoms with Crippen molar-refractivity contribution >= 4 is 5.91 Å². The fourth-order valence-corrected chi connectivity index (χ4v) is 2.99. The first kappa shape index (κ1) is 14.7. The molecule has 1 aliphatic rings. The van der Waals surface area contributed by atoms with Crippen molar-refractivity contribution in [3.63, 3.8) is 0 Å². The molecule has 1 N–H and O–H groups in total. The van der Waals surface area contributed by atoms with Crippen LogP contribution in [0.5, 0.6) is 0 Å². The van der Waals surface area contributed by atoms with Crippen LogP contribution in [0, 0.1) is 0 Å². The van der Waals surface area contributed by atoms with E-state index >= 15 is 0 Å². The molecule has 0 bridgehead atoms. The van der Waals surface area contributed by atoms with E-state index in [4.69, 9.17) is 0 Å². The van der Waals surface area contributed by atoms with Crippen LogP contribution in [0.2, 0.25) is 0 Å². The predicted molar refractivity (Wildman–Crippen MR) is 83.2 cm³/mol. The number of hydrogen-bond donors (Lipinski definition) is 1. The van der Waals surface area contributed by atoms with Crippen LogP contribution in [-0.2, 0) is 6.54 Å². The summed E-state index contributed by atoms with van der Waals surface area (Å²) >= 11 is 0. The van der Waals surface area contributed by atoms with Gasteiger partial charge in [0.25, 0.3) is 5.91 Å². The molecule has 2 heterocycles. The summed E-state index contributed by atoms with van der Waals surface area (Å²) in [6.07, 6.45) is 2.46. The number of carbonyl (C=O) groups excluding carboxylic acids is 1. The van der Waals surface area contributed by atoms with Crippen molar-refractivity contribution in [2.75, 3.05) is 19.6 Å². The van der Waals surface area contributed by atoms with Gasteiger partial charge in [-0.15, -0.1) is 0 Å². The van der Waals surface area contributed by atoms with E-state index in [0.29, 0.717) is 5.69 Å². The number of hydrogen-bond acceptors (Lipinski definition) is 4. The standard InChI is InChI=1S/C16H21N5O/c1-13-11-20(12-14-6-3-2-4-7-14)8-5-9-21(13)16(22)15-10-17-19-18-15/h2-4,6-7,10,13H,5,8-9,11-12H2,1H3,(H,17,18,19)/t13-/m0/s1. The quantitative estimate of drug-likeness (QED) is 0.933. The number of aromatic nitrogens is 3. The van der Waals surface area contributed by atoms with Gasteiger partial charge in [0.1, 0.15) is 0 Å². The minimum atomic E-state index is -0.0391. The fourth-order valence-electron chi connectivity index (χ4n) is 2.99. The van der Waals surface area contributed by atoms with Gasteiger partial charge < -0.3 is 4.90 Å². The Labute approximate surface area is 130 Å². The van der Waals surface area contributed by atoms with E-state index in [9.17, 15) is 4.79 Å². The van der Waals surface area contributed by atoms with Gasteiger partial charge in [-0.3, -0.25) is 9.69 Å². The van der Waals surface area contributed by atoms with Crippen molar-refractivity contribution in [1.82, 2.24) is 25.2 Å². The second kappa shape index (κ2) is 6.70. The maximum absolute atomic E-state index is 12.5. The number of H-pyrrole nitrogens is 1. The summed E-state index contributed by atoms with van der Waals surface area (Å²) in [7, 11) is 0. The molecular weight excluding hydrogens is 278 g/mol. The summed E-state index contributed by atoms with van der Waals surface area (Å²) < 4.78 is 0. The van der Waals surface area contributed by atoms with E-state index < -0.39 is 0 Å². The van der Waals surface area contributed by atoms with Gasteiger partial charge in [0.05, 0.1) is 6.20 Å². The Bertz CT molecular complexity index is 598. The summed E-state index contributed by atoms with van der Waals surface area (Å²) in [5, 5.41) is 10.1. The van der Waals surface area contributed by atoms with Crippen molar-refractivity contribution in [3.8, 4) is 0 Å². The zero-order chi connectivity index (χ0) is 15.4. The molecule has 6 heteroatoms. The van der Waals surface area contributed by atoms with Gasteiger partial charge in [-0.05, 0) is 18.9 Å². The highest BCUT2D eigenvalue weighted by Gasteiger charge is 2.27. The van der Waals surface area contributed by atoms with Gasteiger partial charge >= 0.3 is 0 Å². The van der Waals surface area contributed by atoms with Crippen molar-refractivity contribution in [3.05, 3.63) is 47.8 Å². The largest absolute Gasteiger partial charge is 0.333 e. The van der Waals surface area contributed by atoms with Crippen LogP contribution < -0.4 is 0 Å². The summed E-state index contributed by atoms with van der Waals surface area (Å²) in [5.41, 5.74) is 1.70. The number of aromatic amines is 1. The van der Waals surface area contributed by atoms with Gasteiger partial charge in [0.2, 0.25) is 0 Å². The van der Waals surface area contributed by atoms with Gasteiger partial charge in [0, 0.05) is 32.2 Å². The van der Waals surface area contributed by atoms with E-state index in [1.807, 2.05) is 11.0 Å². The van der Waals surface area contributed by atoms with Gasteiger partial charge in [-0.1, -0.05) is 30.3 Å². The third-order valence-corrected chi connectivity index (χ3v) is 4.07. The average Bonchev–Trinajstić information content (AvgIpc) is 3.00. The molecule has 3 rings (SSSR count). The summed E-state index contributed by atoms with van der Waals surface area (Å²) in [5.74, 6) is -0.0391. The topological polar surface area (TPSA) is 65.1 Å². The second-order valence-electron chi connectivity index (χ2n) is 5.78. The number of carbonyl (C=O) groups is 1. The number of benzene rings is 1. The van der Waals surface area contributed by atoms with Crippen molar-refractivity contribution in [2.24, 2.45) is 0 Å². The monoisotopic (exact) mass is 299 g/mol. The lowest BCUT2D eigenvalue weighted by Gasteiger charge is -2.28. The fraction of sp³-hybridized carbons (Fsp3) is 0.438. The molecule has 116 valence electrons. The van der Waals surface area contributed by atoms with E-state index in [1.165, 1.54) is 11.8 Å². The normalized spacial score (nSPS) is 19.9. The van der Waals surface area contributed by atoms with E-state index in [1.54, 1.807) is 0 Å². The molecule has 1 amide bonds.